The van der Waals surface area contributed by atoms with Crippen LogP contribution >= 0.6 is 11.6 Å². The highest BCUT2D eigenvalue weighted by Crippen LogP contribution is 2.25. The zero-order valence-electron chi connectivity index (χ0n) is 11.1. The first kappa shape index (κ1) is 14.3. The van der Waals surface area contributed by atoms with Gasteiger partial charge in [0.25, 0.3) is 0 Å². The van der Waals surface area contributed by atoms with Crippen molar-refractivity contribution in [3.05, 3.63) is 47.5 Å². The quantitative estimate of drug-likeness (QED) is 0.655. The Morgan fingerprint density at radius 2 is 1.60 bits per heavy atom. The molecule has 2 aromatic carbocycles. The molecule has 0 aliphatic rings. The summed E-state index contributed by atoms with van der Waals surface area (Å²) in [6.07, 6.45) is 0. The molecule has 0 unspecified atom stereocenters. The minimum absolute atomic E-state index is 0.385. The number of nitrogens with two attached hydrogens (primary N) is 1. The van der Waals surface area contributed by atoms with E-state index in [9.17, 15) is 0 Å². The van der Waals surface area contributed by atoms with Crippen LogP contribution in [0.5, 0.6) is 17.2 Å². The molecule has 0 spiro atoms. The van der Waals surface area contributed by atoms with Gasteiger partial charge in [-0.1, -0.05) is 11.6 Å². The summed E-state index contributed by atoms with van der Waals surface area (Å²) in [5.41, 5.74) is 6.33. The lowest BCUT2D eigenvalue weighted by Gasteiger charge is -2.10. The SMILES string of the molecule is COc1ccc(OCCOc2cc(Cl)ccc2N)cc1. The average molecular weight is 294 g/mol. The summed E-state index contributed by atoms with van der Waals surface area (Å²) in [6, 6.07) is 12.5. The molecular formula is C15H16ClNO3. The van der Waals surface area contributed by atoms with Crippen molar-refractivity contribution < 1.29 is 14.2 Å². The van der Waals surface area contributed by atoms with Crippen LogP contribution < -0.4 is 19.9 Å². The van der Waals surface area contributed by atoms with E-state index in [4.69, 9.17) is 31.5 Å². The summed E-state index contributed by atoms with van der Waals surface area (Å²) in [5, 5.41) is 0.588. The molecule has 0 fully saturated rings. The third-order valence-electron chi connectivity index (χ3n) is 2.64. The Hall–Kier alpha value is -2.07. The topological polar surface area (TPSA) is 53.7 Å². The molecule has 0 radical (unpaired) electrons. The number of ether oxygens (including phenoxy) is 3. The molecule has 106 valence electrons. The highest BCUT2D eigenvalue weighted by atomic mass is 35.5. The molecule has 5 heteroatoms. The minimum Gasteiger partial charge on any atom is -0.497 e. The largest absolute Gasteiger partial charge is 0.497 e. The number of rotatable bonds is 6. The van der Waals surface area contributed by atoms with Crippen LogP contribution in [-0.2, 0) is 0 Å². The maximum absolute atomic E-state index is 5.88. The van der Waals surface area contributed by atoms with E-state index in [2.05, 4.69) is 0 Å². The first-order chi connectivity index (χ1) is 9.69. The predicted molar refractivity (Wildman–Crippen MR) is 79.8 cm³/mol. The number of nitrogen functional groups attached to an aromatic ring is 1. The first-order valence-corrected chi connectivity index (χ1v) is 6.51. The summed E-state index contributed by atoms with van der Waals surface area (Å²) >= 11 is 5.88. The zero-order chi connectivity index (χ0) is 14.4. The van der Waals surface area contributed by atoms with Crippen molar-refractivity contribution in [2.24, 2.45) is 0 Å². The molecular weight excluding hydrogens is 278 g/mol. The van der Waals surface area contributed by atoms with Crippen LogP contribution in [0.25, 0.3) is 0 Å². The van der Waals surface area contributed by atoms with Crippen molar-refractivity contribution in [2.45, 2.75) is 0 Å². The Bertz CT molecular complexity index is 558. The fourth-order valence-corrected chi connectivity index (χ4v) is 1.78. The molecule has 2 aromatic rings. The van der Waals surface area contributed by atoms with E-state index in [1.165, 1.54) is 0 Å². The van der Waals surface area contributed by atoms with E-state index in [-0.39, 0.29) is 0 Å². The average Bonchev–Trinajstić information content (AvgIpc) is 2.47. The monoisotopic (exact) mass is 293 g/mol. The molecule has 0 saturated heterocycles. The standard InChI is InChI=1S/C15H16ClNO3/c1-18-12-3-5-13(6-4-12)19-8-9-20-15-10-11(16)2-7-14(15)17/h2-7,10H,8-9,17H2,1H3. The van der Waals surface area contributed by atoms with E-state index in [0.717, 1.165) is 11.5 Å². The molecule has 0 amide bonds. The van der Waals surface area contributed by atoms with Crippen molar-refractivity contribution >= 4 is 17.3 Å². The number of methoxy groups -OCH3 is 1. The van der Waals surface area contributed by atoms with Crippen molar-refractivity contribution in [1.82, 2.24) is 0 Å². The second kappa shape index (κ2) is 6.91. The van der Waals surface area contributed by atoms with Crippen LogP contribution in [0.4, 0.5) is 5.69 Å². The van der Waals surface area contributed by atoms with Crippen LogP contribution in [0.1, 0.15) is 0 Å². The summed E-state index contributed by atoms with van der Waals surface area (Å²) < 4.78 is 16.1. The van der Waals surface area contributed by atoms with Gasteiger partial charge in [-0.05, 0) is 36.4 Å². The molecule has 0 aromatic heterocycles. The third-order valence-corrected chi connectivity index (χ3v) is 2.88. The van der Waals surface area contributed by atoms with Crippen LogP contribution in [0.3, 0.4) is 0 Å². The Morgan fingerprint density at radius 3 is 2.30 bits per heavy atom. The van der Waals surface area contributed by atoms with Gasteiger partial charge in [0.15, 0.2) is 0 Å². The molecule has 0 aliphatic heterocycles. The van der Waals surface area contributed by atoms with E-state index >= 15 is 0 Å². The fourth-order valence-electron chi connectivity index (χ4n) is 1.62. The van der Waals surface area contributed by atoms with Gasteiger partial charge in [0, 0.05) is 11.1 Å². The van der Waals surface area contributed by atoms with Crippen LogP contribution in [0, 0.1) is 0 Å². The Labute approximate surface area is 123 Å². The van der Waals surface area contributed by atoms with Gasteiger partial charge in [-0.25, -0.2) is 0 Å². The number of hydrogen-bond donors (Lipinski definition) is 1. The Balaban J connectivity index is 1.79. The summed E-state index contributed by atoms with van der Waals surface area (Å²) in [6.45, 7) is 0.800. The second-order valence-electron chi connectivity index (χ2n) is 4.05. The highest BCUT2D eigenvalue weighted by molar-refractivity contribution is 6.30. The second-order valence-corrected chi connectivity index (χ2v) is 4.49. The molecule has 2 rings (SSSR count). The minimum atomic E-state index is 0.385. The number of anilines is 1. The van der Waals surface area contributed by atoms with E-state index in [1.807, 2.05) is 24.3 Å². The van der Waals surface area contributed by atoms with Crippen molar-refractivity contribution in [1.29, 1.82) is 0 Å². The summed E-state index contributed by atoms with van der Waals surface area (Å²) in [7, 11) is 1.62. The molecule has 4 nitrogen and oxygen atoms in total. The lowest BCUT2D eigenvalue weighted by atomic mass is 10.3. The van der Waals surface area contributed by atoms with Gasteiger partial charge in [-0.3, -0.25) is 0 Å². The fraction of sp³-hybridized carbons (Fsp3) is 0.200. The molecule has 2 N–H and O–H groups in total. The molecule has 0 heterocycles. The van der Waals surface area contributed by atoms with Crippen LogP contribution in [-0.4, -0.2) is 20.3 Å². The van der Waals surface area contributed by atoms with Gasteiger partial charge in [0.05, 0.1) is 12.8 Å². The smallest absolute Gasteiger partial charge is 0.143 e. The predicted octanol–water partition coefficient (Wildman–Crippen LogP) is 3.39. The van der Waals surface area contributed by atoms with Gasteiger partial charge in [0.1, 0.15) is 30.5 Å². The van der Waals surface area contributed by atoms with Gasteiger partial charge in [0.2, 0.25) is 0 Å². The third kappa shape index (κ3) is 3.96. The Kier molecular flexibility index (Phi) is 4.96. The van der Waals surface area contributed by atoms with Crippen molar-refractivity contribution in [3.63, 3.8) is 0 Å². The van der Waals surface area contributed by atoms with E-state index in [1.54, 1.807) is 25.3 Å². The van der Waals surface area contributed by atoms with Gasteiger partial charge < -0.3 is 19.9 Å². The maximum Gasteiger partial charge on any atom is 0.143 e. The molecule has 0 saturated carbocycles. The van der Waals surface area contributed by atoms with Crippen LogP contribution in [0.15, 0.2) is 42.5 Å². The lowest BCUT2D eigenvalue weighted by Crippen LogP contribution is -2.09. The first-order valence-electron chi connectivity index (χ1n) is 6.14. The van der Waals surface area contributed by atoms with Crippen LogP contribution in [0.2, 0.25) is 5.02 Å². The summed E-state index contributed by atoms with van der Waals surface area (Å²) in [4.78, 5) is 0. The van der Waals surface area contributed by atoms with Gasteiger partial charge in [-0.2, -0.15) is 0 Å². The normalized spacial score (nSPS) is 10.1. The molecule has 20 heavy (non-hydrogen) atoms. The zero-order valence-corrected chi connectivity index (χ0v) is 11.9. The van der Waals surface area contributed by atoms with Crippen molar-refractivity contribution in [3.8, 4) is 17.2 Å². The summed E-state index contributed by atoms with van der Waals surface area (Å²) in [5.74, 6) is 2.12. The maximum atomic E-state index is 5.88. The highest BCUT2D eigenvalue weighted by Gasteiger charge is 2.01. The van der Waals surface area contributed by atoms with Crippen molar-refractivity contribution in [2.75, 3.05) is 26.1 Å². The van der Waals surface area contributed by atoms with Gasteiger partial charge in [-0.15, -0.1) is 0 Å². The number of benzene rings is 2. The van der Waals surface area contributed by atoms with E-state index in [0.29, 0.717) is 29.7 Å². The molecule has 0 bridgehead atoms. The molecule has 0 aliphatic carbocycles. The lowest BCUT2D eigenvalue weighted by molar-refractivity contribution is 0.218. The Morgan fingerprint density at radius 1 is 0.950 bits per heavy atom. The van der Waals surface area contributed by atoms with Gasteiger partial charge >= 0.3 is 0 Å². The molecule has 0 atom stereocenters. The number of hydrogen-bond acceptors (Lipinski definition) is 4. The van der Waals surface area contributed by atoms with E-state index < -0.39 is 0 Å². The number of halogens is 1.